The third kappa shape index (κ3) is 1.53. The van der Waals surface area contributed by atoms with E-state index in [2.05, 4.69) is 43.1 Å². The Morgan fingerprint density at radius 1 is 1.29 bits per heavy atom. The Bertz CT molecular complexity index is 441. The number of nitrogens with one attached hydrogen (secondary N) is 1. The van der Waals surface area contributed by atoms with Gasteiger partial charge in [-0.3, -0.25) is 0 Å². The maximum absolute atomic E-state index is 5.60. The van der Waals surface area contributed by atoms with Gasteiger partial charge in [-0.15, -0.1) is 0 Å². The Hall–Kier alpha value is -1.28. The van der Waals surface area contributed by atoms with Crippen LogP contribution in [0.5, 0.6) is 0 Å². The predicted octanol–water partition coefficient (Wildman–Crippen LogP) is 2.75. The van der Waals surface area contributed by atoms with Crippen LogP contribution in [0.1, 0.15) is 31.0 Å². The summed E-state index contributed by atoms with van der Waals surface area (Å²) < 4.78 is 0. The minimum Gasteiger partial charge on any atom is -0.358 e. The number of nitrogens with two attached hydrogens (primary N) is 1. The van der Waals surface area contributed by atoms with Crippen molar-refractivity contribution in [3.05, 3.63) is 35.5 Å². The van der Waals surface area contributed by atoms with Gasteiger partial charge in [-0.1, -0.05) is 19.9 Å². The Balaban J connectivity index is 2.54. The Morgan fingerprint density at radius 3 is 2.71 bits per heavy atom. The van der Waals surface area contributed by atoms with Crippen molar-refractivity contribution in [2.75, 3.05) is 0 Å². The van der Waals surface area contributed by atoms with E-state index in [0.717, 1.165) is 0 Å². The molecule has 3 N–H and O–H groups in total. The van der Waals surface area contributed by atoms with E-state index >= 15 is 0 Å². The smallest absolute Gasteiger partial charge is 0.0456 e. The van der Waals surface area contributed by atoms with Gasteiger partial charge in [-0.25, -0.2) is 0 Å². The molecular weight excluding hydrogens is 172 g/mol. The molecule has 0 atom stereocenters. The standard InChI is InChI=1S/C12H16N2/c1-8(2)12-6-10-5-9(7-13)3-4-11(10)14-12/h3-6,8,14H,7,13H2,1-2H3. The zero-order valence-electron chi connectivity index (χ0n) is 8.67. The quantitative estimate of drug-likeness (QED) is 0.747. The largest absolute Gasteiger partial charge is 0.358 e. The molecule has 0 aliphatic heterocycles. The normalized spacial score (nSPS) is 11.4. The van der Waals surface area contributed by atoms with Crippen molar-refractivity contribution in [1.29, 1.82) is 0 Å². The second-order valence-corrected chi connectivity index (χ2v) is 4.01. The van der Waals surface area contributed by atoms with Crippen LogP contribution in [0, 0.1) is 0 Å². The number of fused-ring (bicyclic) bond motifs is 1. The monoisotopic (exact) mass is 188 g/mol. The van der Waals surface area contributed by atoms with Crippen molar-refractivity contribution in [2.45, 2.75) is 26.3 Å². The molecule has 0 bridgehead atoms. The van der Waals surface area contributed by atoms with Crippen LogP contribution in [-0.2, 0) is 6.54 Å². The third-order valence-corrected chi connectivity index (χ3v) is 2.56. The fourth-order valence-electron chi connectivity index (χ4n) is 1.64. The summed E-state index contributed by atoms with van der Waals surface area (Å²) in [5, 5.41) is 1.26. The van der Waals surface area contributed by atoms with Crippen molar-refractivity contribution in [1.82, 2.24) is 4.98 Å². The molecule has 0 aliphatic carbocycles. The second kappa shape index (κ2) is 3.46. The van der Waals surface area contributed by atoms with Crippen LogP contribution in [0.15, 0.2) is 24.3 Å². The molecule has 0 radical (unpaired) electrons. The number of hydrogen-bond acceptors (Lipinski definition) is 1. The Morgan fingerprint density at radius 2 is 2.07 bits per heavy atom. The number of aromatic nitrogens is 1. The summed E-state index contributed by atoms with van der Waals surface area (Å²) in [6.45, 7) is 4.99. The molecule has 74 valence electrons. The van der Waals surface area contributed by atoms with Gasteiger partial charge in [-0.2, -0.15) is 0 Å². The van der Waals surface area contributed by atoms with E-state index in [1.165, 1.54) is 22.2 Å². The highest BCUT2D eigenvalue weighted by Crippen LogP contribution is 2.21. The lowest BCUT2D eigenvalue weighted by atomic mass is 10.1. The van der Waals surface area contributed by atoms with Crippen molar-refractivity contribution in [3.8, 4) is 0 Å². The lowest BCUT2D eigenvalue weighted by Gasteiger charge is -1.97. The molecule has 1 heterocycles. The maximum atomic E-state index is 5.60. The van der Waals surface area contributed by atoms with Gasteiger partial charge in [0.05, 0.1) is 0 Å². The molecule has 1 aromatic heterocycles. The van der Waals surface area contributed by atoms with Gasteiger partial charge in [0.25, 0.3) is 0 Å². The number of H-pyrrole nitrogens is 1. The van der Waals surface area contributed by atoms with Gasteiger partial charge in [-0.05, 0) is 35.1 Å². The minimum atomic E-state index is 0.545. The lowest BCUT2D eigenvalue weighted by molar-refractivity contribution is 0.836. The molecule has 2 rings (SSSR count). The van der Waals surface area contributed by atoms with E-state index < -0.39 is 0 Å². The first-order valence-corrected chi connectivity index (χ1v) is 5.02. The summed E-state index contributed by atoms with van der Waals surface area (Å²) in [7, 11) is 0. The zero-order valence-corrected chi connectivity index (χ0v) is 8.67. The van der Waals surface area contributed by atoms with E-state index in [-0.39, 0.29) is 0 Å². The van der Waals surface area contributed by atoms with Gasteiger partial charge in [0, 0.05) is 17.8 Å². The highest BCUT2D eigenvalue weighted by molar-refractivity contribution is 5.81. The fraction of sp³-hybridized carbons (Fsp3) is 0.333. The van der Waals surface area contributed by atoms with Crippen LogP contribution in [0.4, 0.5) is 0 Å². The van der Waals surface area contributed by atoms with E-state index in [9.17, 15) is 0 Å². The molecule has 0 unspecified atom stereocenters. The van der Waals surface area contributed by atoms with Crippen LogP contribution in [0.25, 0.3) is 10.9 Å². The number of aromatic amines is 1. The summed E-state index contributed by atoms with van der Waals surface area (Å²) in [6.07, 6.45) is 0. The van der Waals surface area contributed by atoms with E-state index in [1.54, 1.807) is 0 Å². The SMILES string of the molecule is CC(C)c1cc2cc(CN)ccc2[nH]1. The molecule has 2 heteroatoms. The average Bonchev–Trinajstić information content (AvgIpc) is 2.59. The lowest BCUT2D eigenvalue weighted by Crippen LogP contribution is -1.94. The van der Waals surface area contributed by atoms with Gasteiger partial charge in [0.15, 0.2) is 0 Å². The van der Waals surface area contributed by atoms with E-state index in [4.69, 9.17) is 5.73 Å². The van der Waals surface area contributed by atoms with E-state index in [0.29, 0.717) is 12.5 Å². The van der Waals surface area contributed by atoms with Crippen molar-refractivity contribution >= 4 is 10.9 Å². The van der Waals surface area contributed by atoms with Gasteiger partial charge in [0.1, 0.15) is 0 Å². The molecule has 2 aromatic rings. The Kier molecular flexibility index (Phi) is 2.30. The number of rotatable bonds is 2. The van der Waals surface area contributed by atoms with E-state index in [1.807, 2.05) is 0 Å². The van der Waals surface area contributed by atoms with Crippen LogP contribution in [0.2, 0.25) is 0 Å². The molecule has 1 aromatic carbocycles. The van der Waals surface area contributed by atoms with Gasteiger partial charge in [0.2, 0.25) is 0 Å². The van der Waals surface area contributed by atoms with Crippen LogP contribution < -0.4 is 5.73 Å². The zero-order chi connectivity index (χ0) is 10.1. The van der Waals surface area contributed by atoms with Crippen molar-refractivity contribution < 1.29 is 0 Å². The molecule has 0 saturated heterocycles. The summed E-state index contributed by atoms with van der Waals surface area (Å²) >= 11 is 0. The van der Waals surface area contributed by atoms with Gasteiger partial charge < -0.3 is 10.7 Å². The number of benzene rings is 1. The summed E-state index contributed by atoms with van der Waals surface area (Å²) in [6, 6.07) is 8.53. The molecule has 0 amide bonds. The highest BCUT2D eigenvalue weighted by Gasteiger charge is 2.04. The molecule has 0 saturated carbocycles. The topological polar surface area (TPSA) is 41.8 Å². The molecule has 14 heavy (non-hydrogen) atoms. The van der Waals surface area contributed by atoms with Crippen LogP contribution >= 0.6 is 0 Å². The molecule has 2 nitrogen and oxygen atoms in total. The first-order valence-electron chi connectivity index (χ1n) is 5.02. The number of hydrogen-bond donors (Lipinski definition) is 2. The van der Waals surface area contributed by atoms with Crippen LogP contribution in [0.3, 0.4) is 0 Å². The molecular formula is C12H16N2. The first-order chi connectivity index (χ1) is 6.70. The second-order valence-electron chi connectivity index (χ2n) is 4.01. The molecule has 0 aliphatic rings. The van der Waals surface area contributed by atoms with Gasteiger partial charge >= 0.3 is 0 Å². The summed E-state index contributed by atoms with van der Waals surface area (Å²) in [4.78, 5) is 3.41. The average molecular weight is 188 g/mol. The van der Waals surface area contributed by atoms with Crippen LogP contribution in [-0.4, -0.2) is 4.98 Å². The van der Waals surface area contributed by atoms with Crippen molar-refractivity contribution in [3.63, 3.8) is 0 Å². The Labute approximate surface area is 84.1 Å². The van der Waals surface area contributed by atoms with Crippen molar-refractivity contribution in [2.24, 2.45) is 5.73 Å². The summed E-state index contributed by atoms with van der Waals surface area (Å²) in [5.74, 6) is 0.545. The highest BCUT2D eigenvalue weighted by atomic mass is 14.7. The summed E-state index contributed by atoms with van der Waals surface area (Å²) in [5.41, 5.74) is 9.27. The minimum absolute atomic E-state index is 0.545. The predicted molar refractivity (Wildman–Crippen MR) is 60.3 cm³/mol. The molecule has 0 spiro atoms. The fourth-order valence-corrected chi connectivity index (χ4v) is 1.64. The maximum Gasteiger partial charge on any atom is 0.0456 e. The molecule has 0 fully saturated rings. The third-order valence-electron chi connectivity index (χ3n) is 2.56. The first kappa shape index (κ1) is 9.28.